The molecule has 0 spiro atoms. The van der Waals surface area contributed by atoms with E-state index in [1.807, 2.05) is 18.2 Å². The fourth-order valence-electron chi connectivity index (χ4n) is 2.26. The Kier molecular flexibility index (Phi) is 4.57. The predicted octanol–water partition coefficient (Wildman–Crippen LogP) is 2.93. The summed E-state index contributed by atoms with van der Waals surface area (Å²) in [6, 6.07) is 12.0. The number of carbonyl (C=O) groups excluding carboxylic acids is 1. The van der Waals surface area contributed by atoms with Gasteiger partial charge in [-0.1, -0.05) is 24.3 Å². The molecule has 0 aromatic heterocycles. The van der Waals surface area contributed by atoms with Crippen LogP contribution in [0.1, 0.15) is 11.1 Å². The Bertz CT molecular complexity index is 743. The molecule has 2 aromatic carbocycles. The van der Waals surface area contributed by atoms with Gasteiger partial charge >= 0.3 is 0 Å². The monoisotopic (exact) mass is 313 g/mol. The van der Waals surface area contributed by atoms with E-state index in [9.17, 15) is 9.18 Å². The average molecular weight is 313 g/mol. The number of ether oxygens (including phenoxy) is 2. The molecule has 0 aliphatic carbocycles. The number of carbonyl (C=O) groups is 1. The van der Waals surface area contributed by atoms with E-state index in [0.29, 0.717) is 18.5 Å². The fourth-order valence-corrected chi connectivity index (χ4v) is 2.26. The Morgan fingerprint density at radius 3 is 2.87 bits per heavy atom. The second kappa shape index (κ2) is 6.96. The molecule has 4 nitrogen and oxygen atoms in total. The van der Waals surface area contributed by atoms with Crippen LogP contribution in [-0.2, 0) is 11.2 Å². The normalized spacial score (nSPS) is 12.6. The SMILES string of the molecule is O=C(/C=C/c1ccccc1F)NCCc1ccc2c(c1)OCO2. The van der Waals surface area contributed by atoms with Crippen molar-refractivity contribution in [3.05, 3.63) is 65.5 Å². The Hall–Kier alpha value is -2.82. The van der Waals surface area contributed by atoms with Crippen LogP contribution in [0, 0.1) is 5.82 Å². The molecule has 0 fully saturated rings. The lowest BCUT2D eigenvalue weighted by Crippen LogP contribution is -2.23. The van der Waals surface area contributed by atoms with Crippen molar-refractivity contribution in [2.45, 2.75) is 6.42 Å². The van der Waals surface area contributed by atoms with Crippen LogP contribution in [0.25, 0.3) is 6.08 Å². The molecule has 0 radical (unpaired) electrons. The third kappa shape index (κ3) is 3.88. The number of fused-ring (bicyclic) bond motifs is 1. The molecule has 5 heteroatoms. The van der Waals surface area contributed by atoms with E-state index in [-0.39, 0.29) is 18.5 Å². The van der Waals surface area contributed by atoms with Crippen molar-refractivity contribution >= 4 is 12.0 Å². The van der Waals surface area contributed by atoms with Gasteiger partial charge in [0.15, 0.2) is 11.5 Å². The van der Waals surface area contributed by atoms with Crippen molar-refractivity contribution in [3.63, 3.8) is 0 Å². The number of amides is 1. The smallest absolute Gasteiger partial charge is 0.244 e. The second-order valence-corrected chi connectivity index (χ2v) is 5.08. The number of hydrogen-bond donors (Lipinski definition) is 1. The maximum absolute atomic E-state index is 13.4. The average Bonchev–Trinajstić information content (AvgIpc) is 3.02. The van der Waals surface area contributed by atoms with Crippen molar-refractivity contribution in [1.82, 2.24) is 5.32 Å². The zero-order valence-corrected chi connectivity index (χ0v) is 12.4. The molecule has 0 saturated heterocycles. The van der Waals surface area contributed by atoms with Crippen LogP contribution in [0.2, 0.25) is 0 Å². The second-order valence-electron chi connectivity index (χ2n) is 5.08. The minimum absolute atomic E-state index is 0.246. The van der Waals surface area contributed by atoms with Crippen molar-refractivity contribution in [3.8, 4) is 11.5 Å². The van der Waals surface area contributed by atoms with E-state index in [1.165, 1.54) is 18.2 Å². The van der Waals surface area contributed by atoms with E-state index in [0.717, 1.165) is 17.1 Å². The first-order valence-corrected chi connectivity index (χ1v) is 7.31. The number of nitrogens with one attached hydrogen (secondary N) is 1. The van der Waals surface area contributed by atoms with E-state index < -0.39 is 0 Å². The molecule has 2 aromatic rings. The van der Waals surface area contributed by atoms with Crippen molar-refractivity contribution in [2.75, 3.05) is 13.3 Å². The molecule has 1 aliphatic rings. The van der Waals surface area contributed by atoms with Crippen molar-refractivity contribution in [2.24, 2.45) is 0 Å². The Labute approximate surface area is 133 Å². The van der Waals surface area contributed by atoms with Crippen molar-refractivity contribution < 1.29 is 18.7 Å². The van der Waals surface area contributed by atoms with Gasteiger partial charge < -0.3 is 14.8 Å². The third-order valence-corrected chi connectivity index (χ3v) is 3.47. The number of hydrogen-bond acceptors (Lipinski definition) is 3. The molecule has 23 heavy (non-hydrogen) atoms. The predicted molar refractivity (Wildman–Crippen MR) is 84.7 cm³/mol. The van der Waals surface area contributed by atoms with Crippen LogP contribution in [0.3, 0.4) is 0 Å². The van der Waals surface area contributed by atoms with Gasteiger partial charge in [-0.3, -0.25) is 4.79 Å². The Balaban J connectivity index is 1.49. The highest BCUT2D eigenvalue weighted by Gasteiger charge is 2.12. The molecule has 0 saturated carbocycles. The summed E-state index contributed by atoms with van der Waals surface area (Å²) in [7, 11) is 0. The lowest BCUT2D eigenvalue weighted by atomic mass is 10.1. The van der Waals surface area contributed by atoms with Gasteiger partial charge in [0.1, 0.15) is 5.82 Å². The zero-order chi connectivity index (χ0) is 16.1. The van der Waals surface area contributed by atoms with E-state index >= 15 is 0 Å². The van der Waals surface area contributed by atoms with Gasteiger partial charge in [-0.05, 0) is 36.3 Å². The van der Waals surface area contributed by atoms with Crippen LogP contribution in [0.5, 0.6) is 11.5 Å². The molecular weight excluding hydrogens is 297 g/mol. The molecule has 3 rings (SSSR count). The van der Waals surface area contributed by atoms with Gasteiger partial charge in [0, 0.05) is 18.2 Å². The van der Waals surface area contributed by atoms with E-state index in [4.69, 9.17) is 9.47 Å². The van der Waals surface area contributed by atoms with Gasteiger partial charge in [0.25, 0.3) is 0 Å². The summed E-state index contributed by atoms with van der Waals surface area (Å²) in [5.41, 5.74) is 1.44. The number of benzene rings is 2. The highest BCUT2D eigenvalue weighted by Crippen LogP contribution is 2.32. The Morgan fingerprint density at radius 1 is 1.17 bits per heavy atom. The zero-order valence-electron chi connectivity index (χ0n) is 12.4. The number of rotatable bonds is 5. The highest BCUT2D eigenvalue weighted by molar-refractivity contribution is 5.91. The summed E-state index contributed by atoms with van der Waals surface area (Å²) in [6.45, 7) is 0.733. The minimum Gasteiger partial charge on any atom is -0.454 e. The van der Waals surface area contributed by atoms with Crippen LogP contribution >= 0.6 is 0 Å². The molecule has 1 heterocycles. The molecule has 0 atom stereocenters. The lowest BCUT2D eigenvalue weighted by molar-refractivity contribution is -0.116. The summed E-state index contributed by atoms with van der Waals surface area (Å²) in [5, 5.41) is 2.77. The maximum atomic E-state index is 13.4. The van der Waals surface area contributed by atoms with Crippen molar-refractivity contribution in [1.29, 1.82) is 0 Å². The molecular formula is C18H16FNO3. The van der Waals surface area contributed by atoms with Crippen LogP contribution < -0.4 is 14.8 Å². The van der Waals surface area contributed by atoms with Gasteiger partial charge in [-0.25, -0.2) is 4.39 Å². The van der Waals surface area contributed by atoms with E-state index in [2.05, 4.69) is 5.32 Å². The maximum Gasteiger partial charge on any atom is 0.244 e. The van der Waals surface area contributed by atoms with Gasteiger partial charge in [-0.2, -0.15) is 0 Å². The summed E-state index contributed by atoms with van der Waals surface area (Å²) in [5.74, 6) is 0.866. The molecule has 0 bridgehead atoms. The molecule has 118 valence electrons. The fraction of sp³-hybridized carbons (Fsp3) is 0.167. The van der Waals surface area contributed by atoms with Crippen LogP contribution in [-0.4, -0.2) is 19.2 Å². The largest absolute Gasteiger partial charge is 0.454 e. The lowest BCUT2D eigenvalue weighted by Gasteiger charge is -2.04. The van der Waals surface area contributed by atoms with Crippen LogP contribution in [0.4, 0.5) is 4.39 Å². The quantitative estimate of drug-likeness (QED) is 0.863. The summed E-state index contributed by atoms with van der Waals surface area (Å²) < 4.78 is 24.0. The minimum atomic E-state index is -0.350. The summed E-state index contributed by atoms with van der Waals surface area (Å²) in [6.07, 6.45) is 3.47. The van der Waals surface area contributed by atoms with Crippen LogP contribution in [0.15, 0.2) is 48.5 Å². The third-order valence-electron chi connectivity index (χ3n) is 3.47. The van der Waals surface area contributed by atoms with Gasteiger partial charge in [-0.15, -0.1) is 0 Å². The first-order valence-electron chi connectivity index (χ1n) is 7.31. The standard InChI is InChI=1S/C18H16FNO3/c19-15-4-2-1-3-14(15)6-8-18(21)20-10-9-13-5-7-16-17(11-13)23-12-22-16/h1-8,11H,9-10,12H2,(H,20,21)/b8-6+. The summed E-state index contributed by atoms with van der Waals surface area (Å²) >= 11 is 0. The summed E-state index contributed by atoms with van der Waals surface area (Å²) in [4.78, 5) is 11.7. The molecule has 1 N–H and O–H groups in total. The highest BCUT2D eigenvalue weighted by atomic mass is 19.1. The first-order chi connectivity index (χ1) is 11.2. The molecule has 1 aliphatic heterocycles. The first kappa shape index (κ1) is 15.1. The Morgan fingerprint density at radius 2 is 2.00 bits per heavy atom. The molecule has 0 unspecified atom stereocenters. The van der Waals surface area contributed by atoms with Gasteiger partial charge in [0.05, 0.1) is 0 Å². The van der Waals surface area contributed by atoms with Gasteiger partial charge in [0.2, 0.25) is 12.7 Å². The topological polar surface area (TPSA) is 47.6 Å². The molecule has 1 amide bonds. The van der Waals surface area contributed by atoms with E-state index in [1.54, 1.807) is 18.2 Å². The number of halogens is 1.